The Morgan fingerprint density at radius 2 is 1.79 bits per heavy atom. The molecule has 0 bridgehead atoms. The number of carbonyl (C=O) groups excluding carboxylic acids is 1. The summed E-state index contributed by atoms with van der Waals surface area (Å²) in [5, 5.41) is 1.11. The van der Waals surface area contributed by atoms with Gasteiger partial charge in [0.25, 0.3) is 0 Å². The highest BCUT2D eigenvalue weighted by Gasteiger charge is 2.31. The number of nitrogens with zero attached hydrogens (tertiary/aromatic N) is 2. The van der Waals surface area contributed by atoms with Crippen molar-refractivity contribution in [1.29, 1.82) is 0 Å². The van der Waals surface area contributed by atoms with Crippen molar-refractivity contribution < 1.29 is 17.9 Å². The molecule has 6 nitrogen and oxygen atoms in total. The average molecular weight is 503 g/mol. The Bertz CT molecular complexity index is 1260. The minimum absolute atomic E-state index is 0.126. The van der Waals surface area contributed by atoms with Crippen molar-refractivity contribution in [3.05, 3.63) is 59.2 Å². The van der Waals surface area contributed by atoms with Crippen LogP contribution in [0.4, 0.5) is 0 Å². The zero-order chi connectivity index (χ0) is 24.3. The van der Waals surface area contributed by atoms with Gasteiger partial charge >= 0.3 is 0 Å². The van der Waals surface area contributed by atoms with Crippen LogP contribution in [-0.2, 0) is 16.4 Å². The van der Waals surface area contributed by atoms with E-state index in [-0.39, 0.29) is 11.0 Å². The first-order chi connectivity index (χ1) is 16.3. The first-order valence-electron chi connectivity index (χ1n) is 11.8. The Kier molecular flexibility index (Phi) is 7.65. The SMILES string of the molecule is CCC(=O)c1cn(CCCN2CCC(S(=O)(=O)c3ccc(Cl)cc3)CC2)c2c(OC)cccc12. The monoisotopic (exact) mass is 502 g/mol. The number of piperidine rings is 1. The number of carbonyl (C=O) groups is 1. The molecule has 4 rings (SSSR count). The number of methoxy groups -OCH3 is 1. The molecule has 34 heavy (non-hydrogen) atoms. The highest BCUT2D eigenvalue weighted by atomic mass is 35.5. The quantitative estimate of drug-likeness (QED) is 0.375. The lowest BCUT2D eigenvalue weighted by molar-refractivity contribution is 0.0989. The van der Waals surface area contributed by atoms with Gasteiger partial charge in [-0.2, -0.15) is 0 Å². The molecular formula is C26H31ClN2O4S. The van der Waals surface area contributed by atoms with Crippen molar-refractivity contribution in [2.75, 3.05) is 26.7 Å². The van der Waals surface area contributed by atoms with Crippen LogP contribution in [0.15, 0.2) is 53.6 Å². The summed E-state index contributed by atoms with van der Waals surface area (Å²) in [6.45, 7) is 5.03. The van der Waals surface area contributed by atoms with Crippen molar-refractivity contribution in [3.63, 3.8) is 0 Å². The number of hydrogen-bond donors (Lipinski definition) is 0. The number of ketones is 1. The van der Waals surface area contributed by atoms with E-state index in [2.05, 4.69) is 9.47 Å². The topological polar surface area (TPSA) is 68.6 Å². The molecule has 2 heterocycles. The van der Waals surface area contributed by atoms with Crippen LogP contribution in [0.3, 0.4) is 0 Å². The third kappa shape index (κ3) is 5.02. The fourth-order valence-corrected chi connectivity index (χ4v) is 6.66. The summed E-state index contributed by atoms with van der Waals surface area (Å²) < 4.78 is 33.6. The van der Waals surface area contributed by atoms with E-state index in [1.54, 1.807) is 31.4 Å². The van der Waals surface area contributed by atoms with Crippen LogP contribution < -0.4 is 4.74 Å². The summed E-state index contributed by atoms with van der Waals surface area (Å²) >= 11 is 5.91. The molecule has 0 aliphatic carbocycles. The number of sulfone groups is 1. The number of aryl methyl sites for hydroxylation is 1. The van der Waals surface area contributed by atoms with Crippen molar-refractivity contribution in [3.8, 4) is 5.75 Å². The molecule has 0 unspecified atom stereocenters. The van der Waals surface area contributed by atoms with E-state index in [0.29, 0.717) is 29.2 Å². The van der Waals surface area contributed by atoms with Crippen molar-refractivity contribution in [2.45, 2.75) is 49.3 Å². The first-order valence-corrected chi connectivity index (χ1v) is 13.7. The van der Waals surface area contributed by atoms with Gasteiger partial charge in [0.2, 0.25) is 0 Å². The predicted molar refractivity (Wildman–Crippen MR) is 136 cm³/mol. The normalized spacial score (nSPS) is 15.6. The molecule has 1 aromatic heterocycles. The van der Waals surface area contributed by atoms with Crippen LogP contribution in [0.2, 0.25) is 5.02 Å². The van der Waals surface area contributed by atoms with Crippen LogP contribution in [0.25, 0.3) is 10.9 Å². The number of hydrogen-bond acceptors (Lipinski definition) is 5. The molecule has 1 saturated heterocycles. The van der Waals surface area contributed by atoms with Gasteiger partial charge in [-0.3, -0.25) is 4.79 Å². The Balaban J connectivity index is 1.38. The summed E-state index contributed by atoms with van der Waals surface area (Å²) in [4.78, 5) is 15.2. The van der Waals surface area contributed by atoms with Crippen molar-refractivity contribution >= 4 is 38.1 Å². The van der Waals surface area contributed by atoms with E-state index < -0.39 is 9.84 Å². The molecule has 1 fully saturated rings. The number of halogens is 1. The molecule has 2 aromatic carbocycles. The van der Waals surface area contributed by atoms with Gasteiger partial charge < -0.3 is 14.2 Å². The number of rotatable bonds is 9. The maximum absolute atomic E-state index is 13.0. The van der Waals surface area contributed by atoms with Crippen molar-refractivity contribution in [2.24, 2.45) is 0 Å². The number of benzene rings is 2. The van der Waals surface area contributed by atoms with Gasteiger partial charge in [0, 0.05) is 35.1 Å². The highest BCUT2D eigenvalue weighted by Crippen LogP contribution is 2.31. The lowest BCUT2D eigenvalue weighted by atomic mass is 10.1. The van der Waals surface area contributed by atoms with E-state index in [1.165, 1.54) is 0 Å². The Morgan fingerprint density at radius 1 is 1.09 bits per heavy atom. The molecule has 182 valence electrons. The largest absolute Gasteiger partial charge is 0.495 e. The third-order valence-electron chi connectivity index (χ3n) is 6.69. The van der Waals surface area contributed by atoms with E-state index in [4.69, 9.17) is 16.3 Å². The second kappa shape index (κ2) is 10.5. The molecule has 1 aliphatic rings. The number of likely N-dealkylation sites (tertiary alicyclic amines) is 1. The third-order valence-corrected chi connectivity index (χ3v) is 9.22. The molecule has 3 aromatic rings. The number of aromatic nitrogens is 1. The predicted octanol–water partition coefficient (Wildman–Crippen LogP) is 5.22. The van der Waals surface area contributed by atoms with Gasteiger partial charge in [0.15, 0.2) is 15.6 Å². The van der Waals surface area contributed by atoms with Gasteiger partial charge in [-0.05, 0) is 69.2 Å². The van der Waals surface area contributed by atoms with Crippen LogP contribution in [-0.4, -0.2) is 55.7 Å². The molecule has 0 spiro atoms. The average Bonchev–Trinajstić information content (AvgIpc) is 3.23. The van der Waals surface area contributed by atoms with Gasteiger partial charge in [0.05, 0.1) is 22.8 Å². The lowest BCUT2D eigenvalue weighted by Crippen LogP contribution is -2.39. The van der Waals surface area contributed by atoms with E-state index in [1.807, 2.05) is 31.3 Å². The number of Topliss-reactive ketones (excluding diaryl/α,β-unsaturated/α-hetero) is 1. The summed E-state index contributed by atoms with van der Waals surface area (Å²) in [5.74, 6) is 0.891. The van der Waals surface area contributed by atoms with Crippen LogP contribution in [0, 0.1) is 0 Å². The minimum atomic E-state index is -3.34. The second-order valence-electron chi connectivity index (χ2n) is 8.76. The molecule has 0 N–H and O–H groups in total. The number of fused-ring (bicyclic) bond motifs is 1. The molecule has 0 amide bonds. The Labute approximate surface area is 206 Å². The molecule has 0 atom stereocenters. The molecular weight excluding hydrogens is 472 g/mol. The molecule has 0 radical (unpaired) electrons. The zero-order valence-corrected chi connectivity index (χ0v) is 21.2. The fraction of sp³-hybridized carbons (Fsp3) is 0.423. The zero-order valence-electron chi connectivity index (χ0n) is 19.7. The van der Waals surface area contributed by atoms with E-state index in [9.17, 15) is 13.2 Å². The minimum Gasteiger partial charge on any atom is -0.495 e. The Hall–Kier alpha value is -2.35. The lowest BCUT2D eigenvalue weighted by Gasteiger charge is -2.31. The van der Waals surface area contributed by atoms with E-state index in [0.717, 1.165) is 54.8 Å². The van der Waals surface area contributed by atoms with Crippen LogP contribution in [0.1, 0.15) is 43.0 Å². The standard InChI is InChI=1S/C26H31ClN2O4S/c1-3-24(30)23-18-29(26-22(23)6-4-7-25(26)33-2)15-5-14-28-16-12-21(13-17-28)34(31,32)20-10-8-19(27)9-11-20/h4,6-11,18,21H,3,5,12-17H2,1-2H3. The van der Waals surface area contributed by atoms with Gasteiger partial charge in [0.1, 0.15) is 5.75 Å². The maximum Gasteiger partial charge on any atom is 0.181 e. The molecule has 0 saturated carbocycles. The summed E-state index contributed by atoms with van der Waals surface area (Å²) in [7, 11) is -1.69. The fourth-order valence-electron chi connectivity index (χ4n) is 4.80. The number of ether oxygens (including phenoxy) is 1. The van der Waals surface area contributed by atoms with Gasteiger partial charge in [-0.15, -0.1) is 0 Å². The van der Waals surface area contributed by atoms with Crippen molar-refractivity contribution in [1.82, 2.24) is 9.47 Å². The van der Waals surface area contributed by atoms with E-state index >= 15 is 0 Å². The Morgan fingerprint density at radius 3 is 2.44 bits per heavy atom. The smallest absolute Gasteiger partial charge is 0.181 e. The first kappa shape index (κ1) is 24.8. The number of para-hydroxylation sites is 1. The van der Waals surface area contributed by atoms with Gasteiger partial charge in [-0.25, -0.2) is 8.42 Å². The van der Waals surface area contributed by atoms with Crippen LogP contribution in [0.5, 0.6) is 5.75 Å². The maximum atomic E-state index is 13.0. The summed E-state index contributed by atoms with van der Waals surface area (Å²) in [6, 6.07) is 12.3. The van der Waals surface area contributed by atoms with Gasteiger partial charge in [-0.1, -0.05) is 30.7 Å². The summed E-state index contributed by atoms with van der Waals surface area (Å²) in [6.07, 6.45) is 4.56. The molecule has 1 aliphatic heterocycles. The molecule has 8 heteroatoms. The van der Waals surface area contributed by atoms with Crippen LogP contribution >= 0.6 is 11.6 Å². The summed E-state index contributed by atoms with van der Waals surface area (Å²) in [5.41, 5.74) is 1.69. The highest BCUT2D eigenvalue weighted by molar-refractivity contribution is 7.92. The second-order valence-corrected chi connectivity index (χ2v) is 11.4.